The van der Waals surface area contributed by atoms with E-state index in [9.17, 15) is 9.59 Å². The molecule has 24 heavy (non-hydrogen) atoms. The number of nitrogens with one attached hydrogen (secondary N) is 2. The molecule has 1 rings (SSSR count). The van der Waals surface area contributed by atoms with Crippen molar-refractivity contribution in [2.75, 3.05) is 20.3 Å². The molecule has 1 aromatic carbocycles. The van der Waals surface area contributed by atoms with Crippen LogP contribution < -0.4 is 28.1 Å². The first-order chi connectivity index (χ1) is 11.4. The number of aliphatic imine (C=N–C) groups is 2. The summed E-state index contributed by atoms with van der Waals surface area (Å²) in [4.78, 5) is 30.9. The first-order valence-corrected chi connectivity index (χ1v) is 6.69. The zero-order valence-corrected chi connectivity index (χ0v) is 13.0. The van der Waals surface area contributed by atoms with E-state index >= 15 is 0 Å². The third kappa shape index (κ3) is 6.62. The Balaban J connectivity index is 2.75. The Kier molecular flexibility index (Phi) is 7.51. The van der Waals surface area contributed by atoms with Crippen LogP contribution in [0.3, 0.4) is 0 Å². The van der Waals surface area contributed by atoms with Crippen molar-refractivity contribution in [1.29, 1.82) is 0 Å². The molecule has 0 aromatic heterocycles. The second-order valence-corrected chi connectivity index (χ2v) is 4.23. The van der Waals surface area contributed by atoms with Crippen molar-refractivity contribution in [3.63, 3.8) is 0 Å². The van der Waals surface area contributed by atoms with Crippen LogP contribution in [0.15, 0.2) is 34.3 Å². The molecule has 0 spiro atoms. The molecule has 0 heterocycles. The van der Waals surface area contributed by atoms with E-state index in [0.29, 0.717) is 0 Å². The maximum Gasteiger partial charge on any atom is 0.426 e. The van der Waals surface area contributed by atoms with E-state index in [1.165, 1.54) is 19.2 Å². The number of hydrogen-bond acceptors (Lipinski definition) is 5. The van der Waals surface area contributed by atoms with E-state index in [0.717, 1.165) is 0 Å². The van der Waals surface area contributed by atoms with Crippen molar-refractivity contribution in [3.05, 3.63) is 29.8 Å². The summed E-state index contributed by atoms with van der Waals surface area (Å²) < 4.78 is 9.44. The molecule has 11 heteroatoms. The van der Waals surface area contributed by atoms with E-state index in [2.05, 4.69) is 20.8 Å². The number of ether oxygens (including phenoxy) is 2. The zero-order valence-electron chi connectivity index (χ0n) is 13.0. The molecule has 0 fully saturated rings. The Hall–Kier alpha value is -3.34. The van der Waals surface area contributed by atoms with E-state index in [1.807, 2.05) is 0 Å². The quantitative estimate of drug-likeness (QED) is 0.196. The predicted octanol–water partition coefficient (Wildman–Crippen LogP) is -1.08. The first kappa shape index (κ1) is 18.7. The second kappa shape index (κ2) is 9.63. The molecule has 130 valence electrons. The Morgan fingerprint density at radius 3 is 2.50 bits per heavy atom. The van der Waals surface area contributed by atoms with Gasteiger partial charge in [-0.15, -0.1) is 0 Å². The summed E-state index contributed by atoms with van der Waals surface area (Å²) in [5.74, 6) is -1.11. The molecule has 0 saturated carbocycles. The number of guanidine groups is 2. The van der Waals surface area contributed by atoms with Gasteiger partial charge in [-0.3, -0.25) is 10.2 Å². The van der Waals surface area contributed by atoms with Crippen molar-refractivity contribution < 1.29 is 19.1 Å². The highest BCUT2D eigenvalue weighted by Crippen LogP contribution is 2.18. The van der Waals surface area contributed by atoms with Crippen LogP contribution in [0.4, 0.5) is 10.5 Å². The number of carbonyl (C=O) groups excluding carboxylic acids is 2. The smallest absolute Gasteiger partial charge is 0.426 e. The van der Waals surface area contributed by atoms with Gasteiger partial charge in [-0.05, 0) is 12.1 Å². The van der Waals surface area contributed by atoms with E-state index in [-0.39, 0.29) is 36.4 Å². The molecule has 0 saturated heterocycles. The second-order valence-electron chi connectivity index (χ2n) is 4.23. The highest BCUT2D eigenvalue weighted by Gasteiger charge is 2.12. The van der Waals surface area contributed by atoms with Gasteiger partial charge in [0.1, 0.15) is 6.61 Å². The highest BCUT2D eigenvalue weighted by atomic mass is 16.6. The topological polar surface area (TPSA) is 179 Å². The average molecular weight is 337 g/mol. The SMILES string of the molecule is COCCOC(=O)NNC(=O)c1ccccc1N=C(N)N=C(N)N. The number of hydrogen-bond donors (Lipinski definition) is 5. The van der Waals surface area contributed by atoms with Crippen LogP contribution in [0.25, 0.3) is 0 Å². The van der Waals surface area contributed by atoms with Gasteiger partial charge < -0.3 is 26.7 Å². The minimum absolute atomic E-state index is 0.0497. The molecule has 0 atom stereocenters. The van der Waals surface area contributed by atoms with E-state index in [4.69, 9.17) is 26.7 Å². The molecular weight excluding hydrogens is 318 g/mol. The van der Waals surface area contributed by atoms with Gasteiger partial charge in [0.15, 0.2) is 5.96 Å². The number of carbonyl (C=O) groups is 2. The normalized spacial score (nSPS) is 10.6. The number of methoxy groups -OCH3 is 1. The van der Waals surface area contributed by atoms with Gasteiger partial charge in [0.05, 0.1) is 17.9 Å². The number of amides is 2. The Labute approximate surface area is 137 Å². The van der Waals surface area contributed by atoms with Crippen molar-refractivity contribution in [2.24, 2.45) is 27.2 Å². The van der Waals surface area contributed by atoms with Gasteiger partial charge in [-0.1, -0.05) is 12.1 Å². The molecule has 8 N–H and O–H groups in total. The Bertz CT molecular complexity index is 641. The lowest BCUT2D eigenvalue weighted by Crippen LogP contribution is -2.42. The summed E-state index contributed by atoms with van der Waals surface area (Å²) in [6, 6.07) is 6.27. The average Bonchev–Trinajstić information content (AvgIpc) is 2.52. The van der Waals surface area contributed by atoms with Gasteiger partial charge in [-0.25, -0.2) is 15.2 Å². The van der Waals surface area contributed by atoms with Crippen molar-refractivity contribution in [1.82, 2.24) is 10.9 Å². The summed E-state index contributed by atoms with van der Waals surface area (Å²) in [6.45, 7) is 0.289. The van der Waals surface area contributed by atoms with Crippen LogP contribution in [-0.4, -0.2) is 44.2 Å². The summed E-state index contributed by atoms with van der Waals surface area (Å²) in [6.07, 6.45) is -0.832. The third-order valence-corrected chi connectivity index (χ3v) is 2.43. The summed E-state index contributed by atoms with van der Waals surface area (Å²) in [7, 11) is 1.47. The fourth-order valence-corrected chi connectivity index (χ4v) is 1.47. The molecule has 0 aliphatic heterocycles. The molecule has 0 aliphatic rings. The predicted molar refractivity (Wildman–Crippen MR) is 87.4 cm³/mol. The summed E-state index contributed by atoms with van der Waals surface area (Å²) in [5, 5.41) is 0. The van der Waals surface area contributed by atoms with Gasteiger partial charge in [0, 0.05) is 7.11 Å². The molecule has 0 radical (unpaired) electrons. The standard InChI is InChI=1S/C13H19N7O4/c1-23-6-7-24-13(22)20-19-10(21)8-4-2-3-5-9(8)17-12(16)18-11(14)15/h2-5H,6-7H2,1H3,(H,19,21)(H,20,22)(H6,14,15,16,17,18). The maximum absolute atomic E-state index is 12.1. The number of para-hydroxylation sites is 1. The first-order valence-electron chi connectivity index (χ1n) is 6.69. The lowest BCUT2D eigenvalue weighted by atomic mass is 10.2. The van der Waals surface area contributed by atoms with Crippen molar-refractivity contribution in [2.45, 2.75) is 0 Å². The number of rotatable bonds is 5. The summed E-state index contributed by atoms with van der Waals surface area (Å²) in [5.41, 5.74) is 20.5. The van der Waals surface area contributed by atoms with Crippen LogP contribution in [-0.2, 0) is 9.47 Å². The number of nitrogens with two attached hydrogens (primary N) is 3. The van der Waals surface area contributed by atoms with Crippen LogP contribution in [0.1, 0.15) is 10.4 Å². The molecule has 2 amide bonds. The number of hydrazine groups is 1. The van der Waals surface area contributed by atoms with Crippen LogP contribution in [0.5, 0.6) is 0 Å². The van der Waals surface area contributed by atoms with E-state index < -0.39 is 12.0 Å². The molecule has 0 bridgehead atoms. The minimum atomic E-state index is -0.832. The highest BCUT2D eigenvalue weighted by molar-refractivity contribution is 6.01. The minimum Gasteiger partial charge on any atom is -0.446 e. The molecule has 0 unspecified atom stereocenters. The lowest BCUT2D eigenvalue weighted by Gasteiger charge is -2.09. The fourth-order valence-electron chi connectivity index (χ4n) is 1.47. The van der Waals surface area contributed by atoms with Gasteiger partial charge in [0.25, 0.3) is 5.91 Å². The zero-order chi connectivity index (χ0) is 17.9. The molecule has 0 aliphatic carbocycles. The summed E-state index contributed by atoms with van der Waals surface area (Å²) >= 11 is 0. The van der Waals surface area contributed by atoms with Crippen LogP contribution in [0, 0.1) is 0 Å². The molecular formula is C13H19N7O4. The van der Waals surface area contributed by atoms with Crippen molar-refractivity contribution in [3.8, 4) is 0 Å². The van der Waals surface area contributed by atoms with Gasteiger partial charge >= 0.3 is 6.09 Å². The van der Waals surface area contributed by atoms with Crippen LogP contribution in [0.2, 0.25) is 0 Å². The molecule has 1 aromatic rings. The largest absolute Gasteiger partial charge is 0.446 e. The lowest BCUT2D eigenvalue weighted by molar-refractivity contribution is 0.0849. The van der Waals surface area contributed by atoms with E-state index in [1.54, 1.807) is 12.1 Å². The number of nitrogens with zero attached hydrogens (tertiary/aromatic N) is 2. The van der Waals surface area contributed by atoms with Crippen LogP contribution >= 0.6 is 0 Å². The van der Waals surface area contributed by atoms with Gasteiger partial charge in [0.2, 0.25) is 5.96 Å². The van der Waals surface area contributed by atoms with Crippen molar-refractivity contribution >= 4 is 29.6 Å². The monoisotopic (exact) mass is 337 g/mol. The van der Waals surface area contributed by atoms with Gasteiger partial charge in [-0.2, -0.15) is 4.99 Å². The molecule has 11 nitrogen and oxygen atoms in total. The number of benzene rings is 1. The Morgan fingerprint density at radius 1 is 1.12 bits per heavy atom. The fraction of sp³-hybridized carbons (Fsp3) is 0.231. The third-order valence-electron chi connectivity index (χ3n) is 2.43. The maximum atomic E-state index is 12.1. The Morgan fingerprint density at radius 2 is 1.83 bits per heavy atom.